The zero-order valence-electron chi connectivity index (χ0n) is 13.4. The minimum atomic E-state index is -4.35. The molecule has 0 bridgehead atoms. The van der Waals surface area contributed by atoms with Crippen LogP contribution in [-0.2, 0) is 11.0 Å². The van der Waals surface area contributed by atoms with Gasteiger partial charge >= 0.3 is 6.18 Å². The molecule has 1 aliphatic heterocycles. The summed E-state index contributed by atoms with van der Waals surface area (Å²) >= 11 is 0. The average Bonchev–Trinajstić information content (AvgIpc) is 2.51. The third-order valence-electron chi connectivity index (χ3n) is 3.85. The standard InChI is InChI=1S/C16H21F3N2O2.ClH/c1-11-10-12(6-7-20-11)15(22)21-8-9-23-14-4-2-13(3-5-14)16(17,18)19;/h2-5,11-12,20H,6-10H2,1H3,(H,21,22);1H/t11-,12-;/m0./s1. The van der Waals surface area contributed by atoms with E-state index in [0.29, 0.717) is 18.3 Å². The topological polar surface area (TPSA) is 50.4 Å². The normalized spacial score (nSPS) is 20.8. The Labute approximate surface area is 145 Å². The fourth-order valence-electron chi connectivity index (χ4n) is 2.60. The van der Waals surface area contributed by atoms with Gasteiger partial charge < -0.3 is 15.4 Å². The minimum absolute atomic E-state index is 0. The van der Waals surface area contributed by atoms with Crippen LogP contribution < -0.4 is 15.4 Å². The molecular weight excluding hydrogens is 345 g/mol. The summed E-state index contributed by atoms with van der Waals surface area (Å²) < 4.78 is 42.6. The van der Waals surface area contributed by atoms with E-state index in [9.17, 15) is 18.0 Å². The van der Waals surface area contributed by atoms with Gasteiger partial charge in [0.15, 0.2) is 0 Å². The van der Waals surface area contributed by atoms with Gasteiger partial charge in [-0.15, -0.1) is 12.4 Å². The zero-order chi connectivity index (χ0) is 16.9. The van der Waals surface area contributed by atoms with E-state index in [0.717, 1.165) is 31.5 Å². The first kappa shape index (κ1) is 20.6. The van der Waals surface area contributed by atoms with Crippen molar-refractivity contribution in [3.05, 3.63) is 29.8 Å². The fourth-order valence-corrected chi connectivity index (χ4v) is 2.60. The first-order valence-corrected chi connectivity index (χ1v) is 7.67. The van der Waals surface area contributed by atoms with Crippen molar-refractivity contribution in [2.45, 2.75) is 32.0 Å². The van der Waals surface area contributed by atoms with E-state index in [4.69, 9.17) is 4.74 Å². The van der Waals surface area contributed by atoms with Gasteiger partial charge in [0.1, 0.15) is 12.4 Å². The van der Waals surface area contributed by atoms with Gasteiger partial charge in [-0.2, -0.15) is 13.2 Å². The molecule has 0 aliphatic carbocycles. The number of halogens is 4. The van der Waals surface area contributed by atoms with Gasteiger partial charge in [-0.25, -0.2) is 0 Å². The Balaban J connectivity index is 0.00000288. The monoisotopic (exact) mass is 366 g/mol. The molecule has 1 aromatic carbocycles. The fraction of sp³-hybridized carbons (Fsp3) is 0.562. The maximum atomic E-state index is 12.4. The number of rotatable bonds is 5. The van der Waals surface area contributed by atoms with Crippen molar-refractivity contribution in [2.75, 3.05) is 19.7 Å². The van der Waals surface area contributed by atoms with Crippen molar-refractivity contribution < 1.29 is 22.7 Å². The van der Waals surface area contributed by atoms with Crippen molar-refractivity contribution in [1.29, 1.82) is 0 Å². The molecule has 2 rings (SSSR count). The van der Waals surface area contributed by atoms with E-state index in [2.05, 4.69) is 10.6 Å². The van der Waals surface area contributed by atoms with Crippen LogP contribution >= 0.6 is 12.4 Å². The highest BCUT2D eigenvalue weighted by Gasteiger charge is 2.30. The first-order chi connectivity index (χ1) is 10.9. The lowest BCUT2D eigenvalue weighted by Gasteiger charge is -2.27. The molecule has 1 amide bonds. The molecule has 1 aromatic rings. The lowest BCUT2D eigenvalue weighted by Crippen LogP contribution is -2.43. The highest BCUT2D eigenvalue weighted by Crippen LogP contribution is 2.30. The number of carbonyl (C=O) groups is 1. The van der Waals surface area contributed by atoms with Crippen molar-refractivity contribution in [3.8, 4) is 5.75 Å². The van der Waals surface area contributed by atoms with E-state index in [1.54, 1.807) is 0 Å². The van der Waals surface area contributed by atoms with Crippen LogP contribution in [0.2, 0.25) is 0 Å². The Morgan fingerprint density at radius 1 is 1.33 bits per heavy atom. The van der Waals surface area contributed by atoms with Crippen molar-refractivity contribution in [3.63, 3.8) is 0 Å². The summed E-state index contributed by atoms with van der Waals surface area (Å²) in [5, 5.41) is 6.09. The lowest BCUT2D eigenvalue weighted by atomic mass is 9.92. The number of ether oxygens (including phenoxy) is 1. The molecule has 2 N–H and O–H groups in total. The number of benzene rings is 1. The van der Waals surface area contributed by atoms with Crippen LogP contribution in [-0.4, -0.2) is 31.6 Å². The lowest BCUT2D eigenvalue weighted by molar-refractivity contribution is -0.137. The molecule has 136 valence electrons. The van der Waals surface area contributed by atoms with Crippen LogP contribution in [0.15, 0.2) is 24.3 Å². The smallest absolute Gasteiger partial charge is 0.416 e. The van der Waals surface area contributed by atoms with Gasteiger partial charge in [0, 0.05) is 12.0 Å². The Hall–Kier alpha value is -1.47. The predicted molar refractivity (Wildman–Crippen MR) is 87.4 cm³/mol. The Morgan fingerprint density at radius 2 is 2.00 bits per heavy atom. The predicted octanol–water partition coefficient (Wildman–Crippen LogP) is 3.01. The molecule has 0 unspecified atom stereocenters. The summed E-state index contributed by atoms with van der Waals surface area (Å²) in [6.45, 7) is 3.43. The van der Waals surface area contributed by atoms with Gasteiger partial charge in [-0.05, 0) is 50.6 Å². The molecule has 24 heavy (non-hydrogen) atoms. The maximum absolute atomic E-state index is 12.4. The summed E-state index contributed by atoms with van der Waals surface area (Å²) in [7, 11) is 0. The Kier molecular flexibility index (Phi) is 7.83. The molecule has 0 saturated carbocycles. The van der Waals surface area contributed by atoms with Crippen LogP contribution in [0.1, 0.15) is 25.3 Å². The molecule has 1 saturated heterocycles. The van der Waals surface area contributed by atoms with Gasteiger partial charge in [-0.3, -0.25) is 4.79 Å². The second kappa shape index (κ2) is 9.13. The minimum Gasteiger partial charge on any atom is -0.492 e. The number of amides is 1. The number of piperidine rings is 1. The highest BCUT2D eigenvalue weighted by molar-refractivity contribution is 5.85. The van der Waals surface area contributed by atoms with Gasteiger partial charge in [0.25, 0.3) is 0 Å². The van der Waals surface area contributed by atoms with Crippen LogP contribution in [0.25, 0.3) is 0 Å². The number of nitrogens with one attached hydrogen (secondary N) is 2. The van der Waals surface area contributed by atoms with Crippen LogP contribution in [0.5, 0.6) is 5.75 Å². The second-order valence-electron chi connectivity index (χ2n) is 5.74. The first-order valence-electron chi connectivity index (χ1n) is 7.67. The van der Waals surface area contributed by atoms with E-state index in [1.165, 1.54) is 12.1 Å². The Bertz CT molecular complexity index is 523. The quantitative estimate of drug-likeness (QED) is 0.788. The van der Waals surface area contributed by atoms with Gasteiger partial charge in [-0.1, -0.05) is 0 Å². The molecule has 0 aromatic heterocycles. The summed E-state index contributed by atoms with van der Waals surface area (Å²) in [6.07, 6.45) is -2.72. The number of hydrogen-bond donors (Lipinski definition) is 2. The summed E-state index contributed by atoms with van der Waals surface area (Å²) in [5.41, 5.74) is -0.710. The summed E-state index contributed by atoms with van der Waals surface area (Å²) in [6, 6.07) is 4.84. The number of hydrogen-bond acceptors (Lipinski definition) is 3. The molecule has 4 nitrogen and oxygen atoms in total. The van der Waals surface area contributed by atoms with Crippen LogP contribution in [0.4, 0.5) is 13.2 Å². The highest BCUT2D eigenvalue weighted by atomic mass is 35.5. The molecule has 2 atom stereocenters. The van der Waals surface area contributed by atoms with Crippen LogP contribution in [0, 0.1) is 5.92 Å². The molecule has 0 spiro atoms. The molecule has 1 heterocycles. The van der Waals surface area contributed by atoms with Gasteiger partial charge in [0.05, 0.1) is 12.1 Å². The summed E-state index contributed by atoms with van der Waals surface area (Å²) in [4.78, 5) is 12.0. The average molecular weight is 367 g/mol. The van der Waals surface area contributed by atoms with E-state index in [-0.39, 0.29) is 30.8 Å². The molecule has 0 radical (unpaired) electrons. The SMILES string of the molecule is C[C@H]1C[C@@H](C(=O)NCCOc2ccc(C(F)(F)F)cc2)CCN1.Cl. The van der Waals surface area contributed by atoms with Crippen LogP contribution in [0.3, 0.4) is 0 Å². The number of alkyl halides is 3. The third-order valence-corrected chi connectivity index (χ3v) is 3.85. The molecular formula is C16H22ClF3N2O2. The van der Waals surface area contributed by atoms with E-state index < -0.39 is 11.7 Å². The third kappa shape index (κ3) is 6.20. The second-order valence-corrected chi connectivity index (χ2v) is 5.74. The van der Waals surface area contributed by atoms with E-state index >= 15 is 0 Å². The van der Waals surface area contributed by atoms with E-state index in [1.807, 2.05) is 6.92 Å². The van der Waals surface area contributed by atoms with Crippen molar-refractivity contribution in [2.24, 2.45) is 5.92 Å². The van der Waals surface area contributed by atoms with Crippen molar-refractivity contribution in [1.82, 2.24) is 10.6 Å². The zero-order valence-corrected chi connectivity index (χ0v) is 14.2. The molecule has 1 aliphatic rings. The van der Waals surface area contributed by atoms with Crippen molar-refractivity contribution >= 4 is 18.3 Å². The van der Waals surface area contributed by atoms with Gasteiger partial charge in [0.2, 0.25) is 5.91 Å². The number of carbonyl (C=O) groups excluding carboxylic acids is 1. The maximum Gasteiger partial charge on any atom is 0.416 e. The summed E-state index contributed by atoms with van der Waals surface area (Å²) in [5.74, 6) is 0.370. The molecule has 8 heteroatoms. The molecule has 1 fully saturated rings. The largest absolute Gasteiger partial charge is 0.492 e. The Morgan fingerprint density at radius 3 is 2.58 bits per heavy atom.